The molecule has 3 atom stereocenters. The van der Waals surface area contributed by atoms with Crippen LogP contribution in [0.2, 0.25) is 0 Å². The molecule has 1 aliphatic heterocycles. The minimum atomic E-state index is -1.14. The first-order chi connectivity index (χ1) is 23.9. The highest BCUT2D eigenvalue weighted by Crippen LogP contribution is 2.18. The molecular weight excluding hydrogens is 652 g/mol. The second-order valence-electron chi connectivity index (χ2n) is 11.6. The van der Waals surface area contributed by atoms with Gasteiger partial charge in [0.2, 0.25) is 23.6 Å². The van der Waals surface area contributed by atoms with E-state index in [0.717, 1.165) is 10.5 Å². The van der Waals surface area contributed by atoms with E-state index >= 15 is 0 Å². The number of anilines is 1. The molecule has 1 heterocycles. The molecule has 1 aliphatic rings. The largest absolute Gasteiger partial charge is 0.461 e. The van der Waals surface area contributed by atoms with Crippen LogP contribution >= 0.6 is 0 Å². The zero-order chi connectivity index (χ0) is 36.5. The number of ether oxygens (including phenoxy) is 3. The molecule has 7 amide bonds. The van der Waals surface area contributed by atoms with Gasteiger partial charge < -0.3 is 41.2 Å². The number of likely N-dealkylation sites (tertiary alicyclic amines) is 1. The Kier molecular flexibility index (Phi) is 15.7. The first-order valence-electron chi connectivity index (χ1n) is 16.2. The maximum absolute atomic E-state index is 13.6. The van der Waals surface area contributed by atoms with Gasteiger partial charge in [0, 0.05) is 37.9 Å². The molecule has 6 N–H and O–H groups in total. The number of hydrogen-bond acceptors (Lipinski definition) is 10. The van der Waals surface area contributed by atoms with Crippen LogP contribution in [0.3, 0.4) is 0 Å². The average Bonchev–Trinajstić information content (AvgIpc) is 3.32. The van der Waals surface area contributed by atoms with Crippen LogP contribution in [0, 0.1) is 5.92 Å². The predicted molar refractivity (Wildman–Crippen MR) is 179 cm³/mol. The Morgan fingerprint density at radius 2 is 1.60 bits per heavy atom. The average molecular weight is 697 g/mol. The predicted octanol–water partition coefficient (Wildman–Crippen LogP) is 1.37. The van der Waals surface area contributed by atoms with Crippen LogP contribution < -0.4 is 27.0 Å². The summed E-state index contributed by atoms with van der Waals surface area (Å²) < 4.78 is 15.6. The number of nitrogens with one attached hydrogen (secondary N) is 4. The molecule has 2 aromatic rings. The number of imide groups is 1. The summed E-state index contributed by atoms with van der Waals surface area (Å²) in [5.74, 6) is -2.47. The Hall–Kier alpha value is -5.51. The third-order valence-corrected chi connectivity index (χ3v) is 7.55. The zero-order valence-corrected chi connectivity index (χ0v) is 28.1. The van der Waals surface area contributed by atoms with Crippen LogP contribution in [0.15, 0.2) is 54.6 Å². The Balaban J connectivity index is 1.60. The van der Waals surface area contributed by atoms with Gasteiger partial charge in [0.25, 0.3) is 0 Å². The highest BCUT2D eigenvalue weighted by molar-refractivity contribution is 6.03. The van der Waals surface area contributed by atoms with E-state index in [1.54, 1.807) is 61.5 Å². The van der Waals surface area contributed by atoms with Crippen molar-refractivity contribution in [2.75, 3.05) is 38.2 Å². The second kappa shape index (κ2) is 20.1. The standard InChI is InChI=1S/C34H44N6O10/c1-22-19-29(42)40(32(22)45)15-16-48-17-18-49-34(47)39-28(20-24-7-4-3-5-8-24)31(44)38-27(9-6-14-36-33(35)46)30(43)37-26-12-10-25(11-13-26)21-50-23(2)41/h3-5,7-8,10-13,22,27-28H,6,9,14-21H2,1-2H3,(H,37,43)(H,38,44)(H,39,47)(H3,35,36,46)/t22?,27-,28-/m0/s1. The fourth-order valence-electron chi connectivity index (χ4n) is 4.93. The van der Waals surface area contributed by atoms with Crippen molar-refractivity contribution >= 4 is 47.4 Å². The molecule has 2 aromatic carbocycles. The zero-order valence-electron chi connectivity index (χ0n) is 28.1. The number of primary amides is 1. The Labute approximate surface area is 289 Å². The van der Waals surface area contributed by atoms with E-state index in [1.165, 1.54) is 6.92 Å². The van der Waals surface area contributed by atoms with E-state index in [-0.39, 0.29) is 76.5 Å². The number of carbonyl (C=O) groups excluding carboxylic acids is 7. The van der Waals surface area contributed by atoms with Crippen molar-refractivity contribution in [1.29, 1.82) is 0 Å². The number of esters is 1. The molecule has 0 spiro atoms. The van der Waals surface area contributed by atoms with E-state index in [2.05, 4.69) is 21.3 Å². The van der Waals surface area contributed by atoms with Gasteiger partial charge in [-0.3, -0.25) is 28.9 Å². The second-order valence-corrected chi connectivity index (χ2v) is 11.6. The number of carbonyl (C=O) groups is 7. The highest BCUT2D eigenvalue weighted by Gasteiger charge is 2.35. The number of hydrogen-bond donors (Lipinski definition) is 5. The van der Waals surface area contributed by atoms with Crippen LogP contribution in [0.25, 0.3) is 0 Å². The maximum Gasteiger partial charge on any atom is 0.407 e. The highest BCUT2D eigenvalue weighted by atomic mass is 16.6. The van der Waals surface area contributed by atoms with Gasteiger partial charge in [0.1, 0.15) is 25.3 Å². The van der Waals surface area contributed by atoms with Crippen LogP contribution in [-0.4, -0.2) is 91.6 Å². The lowest BCUT2D eigenvalue weighted by Gasteiger charge is -2.23. The summed E-state index contributed by atoms with van der Waals surface area (Å²) in [6.45, 7) is 3.21. The fraction of sp³-hybridized carbons (Fsp3) is 0.441. The van der Waals surface area contributed by atoms with Gasteiger partial charge in [-0.1, -0.05) is 49.4 Å². The Bertz CT molecular complexity index is 1490. The molecular formula is C34H44N6O10. The first-order valence-corrected chi connectivity index (χ1v) is 16.2. The number of nitrogens with two attached hydrogens (primary N) is 1. The van der Waals surface area contributed by atoms with Crippen molar-refractivity contribution in [1.82, 2.24) is 20.9 Å². The van der Waals surface area contributed by atoms with Crippen LogP contribution in [0.4, 0.5) is 15.3 Å². The fourth-order valence-corrected chi connectivity index (χ4v) is 4.93. The molecule has 0 aromatic heterocycles. The molecule has 270 valence electrons. The van der Waals surface area contributed by atoms with Gasteiger partial charge in [-0.25, -0.2) is 9.59 Å². The molecule has 1 unspecified atom stereocenters. The van der Waals surface area contributed by atoms with Gasteiger partial charge in [-0.05, 0) is 36.1 Å². The molecule has 16 heteroatoms. The van der Waals surface area contributed by atoms with Crippen molar-refractivity contribution in [2.24, 2.45) is 11.7 Å². The molecule has 0 radical (unpaired) electrons. The minimum absolute atomic E-state index is 0.0128. The van der Waals surface area contributed by atoms with Crippen LogP contribution in [-0.2, 0) is 51.2 Å². The first kappa shape index (κ1) is 38.9. The summed E-state index contributed by atoms with van der Waals surface area (Å²) >= 11 is 0. The van der Waals surface area contributed by atoms with E-state index in [0.29, 0.717) is 17.7 Å². The number of amides is 7. The van der Waals surface area contributed by atoms with Gasteiger partial charge in [0.15, 0.2) is 0 Å². The van der Waals surface area contributed by atoms with Crippen molar-refractivity contribution in [3.8, 4) is 0 Å². The third kappa shape index (κ3) is 13.5. The maximum atomic E-state index is 13.6. The van der Waals surface area contributed by atoms with Crippen molar-refractivity contribution in [2.45, 2.75) is 58.2 Å². The molecule has 3 rings (SSSR count). The lowest BCUT2D eigenvalue weighted by molar-refractivity contribution is -0.142. The summed E-state index contributed by atoms with van der Waals surface area (Å²) in [6, 6.07) is 12.6. The molecule has 16 nitrogen and oxygen atoms in total. The quantitative estimate of drug-likeness (QED) is 0.0806. The van der Waals surface area contributed by atoms with Crippen molar-refractivity contribution in [3.63, 3.8) is 0 Å². The topological polar surface area (TPSA) is 225 Å². The lowest BCUT2D eigenvalue weighted by atomic mass is 10.0. The van der Waals surface area contributed by atoms with Crippen LogP contribution in [0.1, 0.15) is 44.2 Å². The van der Waals surface area contributed by atoms with E-state index in [1.807, 2.05) is 0 Å². The monoisotopic (exact) mass is 696 g/mol. The summed E-state index contributed by atoms with van der Waals surface area (Å²) in [5, 5.41) is 10.5. The molecule has 0 saturated carbocycles. The molecule has 1 fully saturated rings. The third-order valence-electron chi connectivity index (χ3n) is 7.55. The van der Waals surface area contributed by atoms with Crippen LogP contribution in [0.5, 0.6) is 0 Å². The number of alkyl carbamates (subject to hydrolysis) is 1. The number of rotatable bonds is 19. The lowest BCUT2D eigenvalue weighted by Crippen LogP contribution is -2.53. The summed E-state index contributed by atoms with van der Waals surface area (Å²) in [6.07, 6.45) is -0.234. The van der Waals surface area contributed by atoms with Gasteiger partial charge in [-0.15, -0.1) is 0 Å². The minimum Gasteiger partial charge on any atom is -0.461 e. The molecule has 50 heavy (non-hydrogen) atoms. The van der Waals surface area contributed by atoms with Crippen molar-refractivity contribution < 1.29 is 47.8 Å². The summed E-state index contributed by atoms with van der Waals surface area (Å²) in [4.78, 5) is 87.0. The summed E-state index contributed by atoms with van der Waals surface area (Å²) in [7, 11) is 0. The molecule has 0 aliphatic carbocycles. The number of urea groups is 1. The smallest absolute Gasteiger partial charge is 0.407 e. The Morgan fingerprint density at radius 1 is 0.880 bits per heavy atom. The molecule has 0 bridgehead atoms. The van der Waals surface area contributed by atoms with E-state index in [9.17, 15) is 33.6 Å². The van der Waals surface area contributed by atoms with Gasteiger partial charge in [0.05, 0.1) is 19.8 Å². The normalized spacial score (nSPS) is 15.1. The van der Waals surface area contributed by atoms with E-state index in [4.69, 9.17) is 19.9 Å². The Morgan fingerprint density at radius 3 is 2.24 bits per heavy atom. The number of nitrogens with zero attached hydrogens (tertiary/aromatic N) is 1. The van der Waals surface area contributed by atoms with E-state index < -0.39 is 42.0 Å². The van der Waals surface area contributed by atoms with Crippen molar-refractivity contribution in [3.05, 3.63) is 65.7 Å². The SMILES string of the molecule is CC(=O)OCc1ccc(NC(=O)[C@H](CCCNC(N)=O)NC(=O)[C@H](Cc2ccccc2)NC(=O)OCCOCCN2C(=O)CC(C)C2=O)cc1. The van der Waals surface area contributed by atoms with Gasteiger partial charge in [-0.2, -0.15) is 0 Å². The number of benzene rings is 2. The van der Waals surface area contributed by atoms with Gasteiger partial charge >= 0.3 is 18.1 Å². The molecule has 1 saturated heterocycles. The summed E-state index contributed by atoms with van der Waals surface area (Å²) in [5.41, 5.74) is 7.01.